The van der Waals surface area contributed by atoms with Gasteiger partial charge in [0.1, 0.15) is 17.9 Å². The number of methoxy groups -OCH3 is 2. The Morgan fingerprint density at radius 2 is 1.71 bits per heavy atom. The van der Waals surface area contributed by atoms with Gasteiger partial charge in [-0.25, -0.2) is 4.79 Å². The number of allylic oxidation sites excluding steroid dienone is 1. The largest absolute Gasteiger partial charge is 0.503 e. The zero-order valence-electron chi connectivity index (χ0n) is 19.4. The number of carbonyl (C=O) groups is 2. The zero-order valence-corrected chi connectivity index (χ0v) is 19.4. The summed E-state index contributed by atoms with van der Waals surface area (Å²) < 4.78 is 26.5. The summed E-state index contributed by atoms with van der Waals surface area (Å²) in [6, 6.07) is 19.7. The third kappa shape index (κ3) is 5.70. The van der Waals surface area contributed by atoms with Gasteiger partial charge in [0.05, 0.1) is 20.5 Å². The van der Waals surface area contributed by atoms with E-state index < -0.39 is 5.97 Å². The normalized spacial score (nSPS) is 12.5. The van der Waals surface area contributed by atoms with Crippen LogP contribution in [0.1, 0.15) is 27.0 Å². The Labute approximate surface area is 203 Å². The number of ether oxygens (including phenoxy) is 5. The summed E-state index contributed by atoms with van der Waals surface area (Å²) in [7, 11) is 2.79. The van der Waals surface area contributed by atoms with Crippen LogP contribution in [-0.4, -0.2) is 32.8 Å². The van der Waals surface area contributed by atoms with Gasteiger partial charge in [-0.2, -0.15) is 0 Å². The lowest BCUT2D eigenvalue weighted by molar-refractivity contribution is -0.133. The molecule has 0 saturated heterocycles. The van der Waals surface area contributed by atoms with Crippen LogP contribution >= 0.6 is 0 Å². The van der Waals surface area contributed by atoms with E-state index in [0.29, 0.717) is 33.9 Å². The van der Waals surface area contributed by atoms with E-state index in [-0.39, 0.29) is 19.2 Å². The van der Waals surface area contributed by atoms with Crippen LogP contribution in [0.25, 0.3) is 11.6 Å². The molecule has 0 unspecified atom stereocenters. The van der Waals surface area contributed by atoms with Gasteiger partial charge in [-0.1, -0.05) is 36.4 Å². The van der Waals surface area contributed by atoms with Gasteiger partial charge in [0, 0.05) is 5.56 Å². The van der Waals surface area contributed by atoms with Gasteiger partial charge in [-0.3, -0.25) is 4.79 Å². The average molecular weight is 472 g/mol. The van der Waals surface area contributed by atoms with Crippen LogP contribution in [0, 0.1) is 0 Å². The van der Waals surface area contributed by atoms with Crippen molar-refractivity contribution in [2.24, 2.45) is 0 Å². The molecular weight excluding hydrogens is 448 g/mol. The van der Waals surface area contributed by atoms with Crippen molar-refractivity contribution in [2.45, 2.75) is 6.61 Å². The number of esters is 1. The smallest absolute Gasteiger partial charge is 0.341 e. The molecule has 7 heteroatoms. The van der Waals surface area contributed by atoms with Crippen molar-refractivity contribution in [1.82, 2.24) is 0 Å². The molecule has 7 nitrogen and oxygen atoms in total. The molecule has 1 heterocycles. The topological polar surface area (TPSA) is 80.3 Å². The molecule has 0 fully saturated rings. The summed E-state index contributed by atoms with van der Waals surface area (Å²) >= 11 is 0. The summed E-state index contributed by atoms with van der Waals surface area (Å²) in [5.74, 6) is 1.32. The first-order valence-corrected chi connectivity index (χ1v) is 10.8. The van der Waals surface area contributed by atoms with Crippen molar-refractivity contribution in [2.75, 3.05) is 21.0 Å². The third-order valence-electron chi connectivity index (χ3n) is 5.31. The number of rotatable bonds is 9. The highest BCUT2D eigenvalue weighted by Crippen LogP contribution is 2.32. The second-order valence-electron chi connectivity index (χ2n) is 7.54. The average Bonchev–Trinajstić information content (AvgIpc) is 3.37. The fraction of sp³-hybridized carbons (Fsp3) is 0.143. The highest BCUT2D eigenvalue weighted by molar-refractivity contribution is 6.16. The van der Waals surface area contributed by atoms with Crippen molar-refractivity contribution in [1.29, 1.82) is 0 Å². The van der Waals surface area contributed by atoms with Gasteiger partial charge in [0.15, 0.2) is 17.3 Å². The molecule has 1 aliphatic heterocycles. The SMILES string of the molecule is CO/C=C(/C(=O)OC)c1ccccc1COc1ccc(C(=O)/C=C/c2ccc3c(c2)OCO3)cc1. The number of benzene rings is 3. The standard InChI is InChI=1S/C28H24O7/c1-31-17-24(28(30)32-2)23-6-4-3-5-21(23)16-33-22-11-9-20(10-12-22)25(29)13-7-19-8-14-26-27(15-19)35-18-34-26/h3-15,17H,16,18H2,1-2H3/b13-7+,24-17+. The molecule has 4 rings (SSSR count). The van der Waals surface area contributed by atoms with Crippen LogP contribution in [0.15, 0.2) is 79.1 Å². The molecule has 0 spiro atoms. The van der Waals surface area contributed by atoms with Gasteiger partial charge in [0.25, 0.3) is 0 Å². The highest BCUT2D eigenvalue weighted by Gasteiger charge is 2.17. The predicted molar refractivity (Wildman–Crippen MR) is 130 cm³/mol. The van der Waals surface area contributed by atoms with Gasteiger partial charge in [-0.15, -0.1) is 0 Å². The Morgan fingerprint density at radius 3 is 2.49 bits per heavy atom. The van der Waals surface area contributed by atoms with Gasteiger partial charge < -0.3 is 23.7 Å². The molecule has 1 aliphatic rings. The molecule has 0 bridgehead atoms. The second-order valence-corrected chi connectivity index (χ2v) is 7.54. The fourth-order valence-electron chi connectivity index (χ4n) is 3.52. The van der Waals surface area contributed by atoms with E-state index in [1.807, 2.05) is 36.4 Å². The first-order valence-electron chi connectivity index (χ1n) is 10.8. The van der Waals surface area contributed by atoms with Crippen LogP contribution in [-0.2, 0) is 20.9 Å². The molecule has 0 aliphatic carbocycles. The van der Waals surface area contributed by atoms with Crippen molar-refractivity contribution >= 4 is 23.4 Å². The monoisotopic (exact) mass is 472 g/mol. The van der Waals surface area contributed by atoms with E-state index in [0.717, 1.165) is 11.1 Å². The molecule has 0 amide bonds. The molecule has 0 atom stereocenters. The number of fused-ring (bicyclic) bond motifs is 1. The van der Waals surface area contributed by atoms with Crippen LogP contribution in [0.5, 0.6) is 17.2 Å². The highest BCUT2D eigenvalue weighted by atomic mass is 16.7. The van der Waals surface area contributed by atoms with E-state index in [9.17, 15) is 9.59 Å². The van der Waals surface area contributed by atoms with Crippen molar-refractivity contribution < 1.29 is 33.3 Å². The third-order valence-corrected chi connectivity index (χ3v) is 5.31. The molecule has 0 radical (unpaired) electrons. The molecular formula is C28H24O7. The maximum atomic E-state index is 12.6. The minimum Gasteiger partial charge on any atom is -0.503 e. The quantitative estimate of drug-likeness (QED) is 0.187. The van der Waals surface area contributed by atoms with Gasteiger partial charge in [-0.05, 0) is 59.2 Å². The summed E-state index contributed by atoms with van der Waals surface area (Å²) in [5, 5.41) is 0. The van der Waals surface area contributed by atoms with E-state index >= 15 is 0 Å². The van der Waals surface area contributed by atoms with Crippen LogP contribution in [0.4, 0.5) is 0 Å². The predicted octanol–water partition coefficient (Wildman–Crippen LogP) is 5.05. The van der Waals surface area contributed by atoms with Crippen molar-refractivity contribution in [3.8, 4) is 17.2 Å². The first-order chi connectivity index (χ1) is 17.1. The van der Waals surface area contributed by atoms with Crippen molar-refractivity contribution in [3.05, 3.63) is 101 Å². The molecule has 3 aromatic rings. The van der Waals surface area contributed by atoms with E-state index in [2.05, 4.69) is 0 Å². The summed E-state index contributed by atoms with van der Waals surface area (Å²) in [4.78, 5) is 24.7. The Morgan fingerprint density at radius 1 is 0.943 bits per heavy atom. The summed E-state index contributed by atoms with van der Waals surface area (Å²) in [5.41, 5.74) is 3.11. The summed E-state index contributed by atoms with van der Waals surface area (Å²) in [6.45, 7) is 0.420. The van der Waals surface area contributed by atoms with Crippen LogP contribution in [0.2, 0.25) is 0 Å². The number of hydrogen-bond donors (Lipinski definition) is 0. The van der Waals surface area contributed by atoms with Crippen molar-refractivity contribution in [3.63, 3.8) is 0 Å². The molecule has 0 N–H and O–H groups in total. The van der Waals surface area contributed by atoms with Gasteiger partial charge >= 0.3 is 5.97 Å². The van der Waals surface area contributed by atoms with E-state index in [1.54, 1.807) is 36.4 Å². The molecule has 35 heavy (non-hydrogen) atoms. The number of hydrogen-bond acceptors (Lipinski definition) is 7. The Hall–Kier alpha value is -4.52. The van der Waals surface area contributed by atoms with E-state index in [4.69, 9.17) is 23.7 Å². The fourth-order valence-corrected chi connectivity index (χ4v) is 3.52. The van der Waals surface area contributed by atoms with Crippen LogP contribution < -0.4 is 14.2 Å². The molecule has 178 valence electrons. The minimum absolute atomic E-state index is 0.132. The van der Waals surface area contributed by atoms with Gasteiger partial charge in [0.2, 0.25) is 6.79 Å². The maximum Gasteiger partial charge on any atom is 0.341 e. The minimum atomic E-state index is -0.504. The second kappa shape index (κ2) is 11.1. The maximum absolute atomic E-state index is 12.6. The Balaban J connectivity index is 1.41. The molecule has 3 aromatic carbocycles. The number of carbonyl (C=O) groups excluding carboxylic acids is 2. The lowest BCUT2D eigenvalue weighted by Crippen LogP contribution is -2.08. The first kappa shape index (κ1) is 23.6. The lowest BCUT2D eigenvalue weighted by Gasteiger charge is -2.13. The number of ketones is 1. The zero-order chi connectivity index (χ0) is 24.6. The Bertz CT molecular complexity index is 1270. The Kier molecular flexibility index (Phi) is 7.47. The molecule has 0 saturated carbocycles. The van der Waals surface area contributed by atoms with E-state index in [1.165, 1.54) is 26.6 Å². The van der Waals surface area contributed by atoms with Crippen LogP contribution in [0.3, 0.4) is 0 Å². The lowest BCUT2D eigenvalue weighted by atomic mass is 10.0. The molecule has 0 aromatic heterocycles. The summed E-state index contributed by atoms with van der Waals surface area (Å²) in [6.07, 6.45) is 4.60.